The van der Waals surface area contributed by atoms with Crippen molar-refractivity contribution in [1.29, 1.82) is 0 Å². The van der Waals surface area contributed by atoms with Crippen molar-refractivity contribution in [1.82, 2.24) is 15.5 Å². The molecule has 2 heterocycles. The lowest BCUT2D eigenvalue weighted by molar-refractivity contribution is -0.141. The van der Waals surface area contributed by atoms with Crippen molar-refractivity contribution >= 4 is 24.2 Å². The zero-order valence-corrected chi connectivity index (χ0v) is 16.7. The summed E-state index contributed by atoms with van der Waals surface area (Å²) >= 11 is 0. The number of benzene rings is 1. The minimum absolute atomic E-state index is 0. The number of carbonyl (C=O) groups excluding carboxylic acids is 2. The number of amides is 2. The average molecular weight is 394 g/mol. The predicted octanol–water partition coefficient (Wildman–Crippen LogP) is 2.06. The van der Waals surface area contributed by atoms with Gasteiger partial charge in [-0.15, -0.1) is 12.4 Å². The maximum Gasteiger partial charge on any atom is 0.225 e. The lowest BCUT2D eigenvalue weighted by atomic mass is 9.84. The third kappa shape index (κ3) is 5.02. The minimum atomic E-state index is -0.246. The number of nitrogens with one attached hydrogen (secondary N) is 2. The molecule has 3 rings (SSSR count). The first-order valence-electron chi connectivity index (χ1n) is 9.16. The monoisotopic (exact) mass is 393 g/mol. The molecular weight excluding hydrogens is 366 g/mol. The van der Waals surface area contributed by atoms with Crippen LogP contribution in [0, 0.1) is 5.92 Å². The van der Waals surface area contributed by atoms with Crippen LogP contribution >= 0.6 is 12.4 Å². The van der Waals surface area contributed by atoms with E-state index in [0.29, 0.717) is 19.4 Å². The first-order valence-corrected chi connectivity index (χ1v) is 9.16. The Kier molecular flexibility index (Phi) is 7.68. The van der Waals surface area contributed by atoms with Crippen LogP contribution < -0.4 is 15.4 Å². The van der Waals surface area contributed by atoms with Crippen LogP contribution in [0.1, 0.15) is 30.9 Å². The van der Waals surface area contributed by atoms with E-state index in [1.807, 2.05) is 24.3 Å². The van der Waals surface area contributed by atoms with Crippen LogP contribution in [0.4, 0.5) is 0 Å². The van der Waals surface area contributed by atoms with Crippen molar-refractivity contribution in [2.75, 3.05) is 33.8 Å². The summed E-state index contributed by atoms with van der Waals surface area (Å²) in [4.78, 5) is 26.8. The van der Waals surface area contributed by atoms with Gasteiger partial charge in [-0.1, -0.05) is 23.8 Å². The van der Waals surface area contributed by atoms with E-state index in [9.17, 15) is 9.59 Å². The van der Waals surface area contributed by atoms with Gasteiger partial charge in [0.1, 0.15) is 5.75 Å². The lowest BCUT2D eigenvalue weighted by Crippen LogP contribution is -2.46. The second-order valence-electron chi connectivity index (χ2n) is 6.90. The van der Waals surface area contributed by atoms with Gasteiger partial charge >= 0.3 is 0 Å². The number of halogens is 1. The third-order valence-electron chi connectivity index (χ3n) is 5.30. The van der Waals surface area contributed by atoms with E-state index in [1.54, 1.807) is 19.1 Å². The molecule has 2 aliphatic rings. The van der Waals surface area contributed by atoms with E-state index >= 15 is 0 Å². The van der Waals surface area contributed by atoms with Gasteiger partial charge in [-0.25, -0.2) is 0 Å². The Morgan fingerprint density at radius 1 is 1.30 bits per heavy atom. The normalized spacial score (nSPS) is 22.5. The van der Waals surface area contributed by atoms with Gasteiger partial charge in [-0.2, -0.15) is 0 Å². The average Bonchev–Trinajstić information content (AvgIpc) is 2.69. The number of nitrogens with zero attached hydrogens (tertiary/aromatic N) is 1. The Bertz CT molecular complexity index is 690. The number of hydrogen-bond acceptors (Lipinski definition) is 4. The molecule has 6 nitrogen and oxygen atoms in total. The first-order chi connectivity index (χ1) is 12.6. The number of ether oxygens (including phenoxy) is 1. The van der Waals surface area contributed by atoms with Gasteiger partial charge in [0.25, 0.3) is 0 Å². The fourth-order valence-corrected chi connectivity index (χ4v) is 3.73. The molecule has 0 bridgehead atoms. The van der Waals surface area contributed by atoms with Gasteiger partial charge in [0, 0.05) is 26.6 Å². The molecule has 7 heteroatoms. The molecule has 2 N–H and O–H groups in total. The molecule has 0 aromatic heterocycles. The number of rotatable bonds is 5. The van der Waals surface area contributed by atoms with Gasteiger partial charge in [0.05, 0.1) is 19.1 Å². The zero-order valence-electron chi connectivity index (χ0n) is 15.9. The molecule has 1 aromatic carbocycles. The summed E-state index contributed by atoms with van der Waals surface area (Å²) in [7, 11) is 3.41. The smallest absolute Gasteiger partial charge is 0.225 e. The number of hydrogen-bond donors (Lipinski definition) is 2. The zero-order chi connectivity index (χ0) is 18.5. The molecule has 27 heavy (non-hydrogen) atoms. The van der Waals surface area contributed by atoms with Crippen LogP contribution in [-0.2, 0) is 9.59 Å². The number of likely N-dealkylation sites (tertiary alicyclic amines) is 1. The molecule has 0 saturated carbocycles. The maximum absolute atomic E-state index is 12.9. The van der Waals surface area contributed by atoms with Gasteiger partial charge in [-0.3, -0.25) is 9.59 Å². The van der Waals surface area contributed by atoms with Gasteiger partial charge < -0.3 is 20.3 Å². The molecule has 0 radical (unpaired) electrons. The quantitative estimate of drug-likeness (QED) is 0.751. The summed E-state index contributed by atoms with van der Waals surface area (Å²) in [6.45, 7) is 2.40. The molecule has 2 amide bonds. The topological polar surface area (TPSA) is 70.7 Å². The molecule has 1 aromatic rings. The highest BCUT2D eigenvalue weighted by molar-refractivity contribution is 5.85. The predicted molar refractivity (Wildman–Crippen MR) is 107 cm³/mol. The Labute approximate surface area is 166 Å². The van der Waals surface area contributed by atoms with Crippen LogP contribution in [0.2, 0.25) is 0 Å². The second-order valence-corrected chi connectivity index (χ2v) is 6.90. The molecule has 2 unspecified atom stereocenters. The summed E-state index contributed by atoms with van der Waals surface area (Å²) < 4.78 is 5.21. The second kappa shape index (κ2) is 9.76. The summed E-state index contributed by atoms with van der Waals surface area (Å²) in [6.07, 6.45) is 4.09. The molecule has 1 fully saturated rings. The molecule has 1 saturated heterocycles. The SMILES string of the molecule is COc1ccc(C2C(C(=O)NCC3=CCNCC3)CCC(=O)N2C)cc1.Cl. The molecule has 2 atom stereocenters. The summed E-state index contributed by atoms with van der Waals surface area (Å²) in [5.41, 5.74) is 2.22. The largest absolute Gasteiger partial charge is 0.497 e. The Morgan fingerprint density at radius 3 is 2.67 bits per heavy atom. The van der Waals surface area contributed by atoms with E-state index in [-0.39, 0.29) is 36.2 Å². The Hall–Kier alpha value is -2.05. The minimum Gasteiger partial charge on any atom is -0.497 e. The summed E-state index contributed by atoms with van der Waals surface area (Å²) in [5.74, 6) is 0.617. The molecule has 2 aliphatic heterocycles. The first kappa shape index (κ1) is 21.3. The highest BCUT2D eigenvalue weighted by atomic mass is 35.5. The van der Waals surface area contributed by atoms with Gasteiger partial charge in [0.15, 0.2) is 0 Å². The molecular formula is C20H28ClN3O3. The van der Waals surface area contributed by atoms with E-state index in [1.165, 1.54) is 5.57 Å². The van der Waals surface area contributed by atoms with Crippen molar-refractivity contribution in [3.8, 4) is 5.75 Å². The fourth-order valence-electron chi connectivity index (χ4n) is 3.73. The number of piperidine rings is 1. The van der Waals surface area contributed by atoms with E-state index in [0.717, 1.165) is 30.8 Å². The fraction of sp³-hybridized carbons (Fsp3) is 0.500. The Morgan fingerprint density at radius 2 is 2.04 bits per heavy atom. The van der Waals surface area contributed by atoms with Crippen molar-refractivity contribution in [3.05, 3.63) is 41.5 Å². The third-order valence-corrected chi connectivity index (χ3v) is 5.30. The van der Waals surface area contributed by atoms with Crippen LogP contribution in [0.25, 0.3) is 0 Å². The van der Waals surface area contributed by atoms with E-state index in [2.05, 4.69) is 16.7 Å². The molecule has 0 spiro atoms. The van der Waals surface area contributed by atoms with Crippen molar-refractivity contribution in [2.45, 2.75) is 25.3 Å². The Balaban J connectivity index is 0.00000261. The van der Waals surface area contributed by atoms with Crippen LogP contribution in [0.15, 0.2) is 35.9 Å². The molecule has 0 aliphatic carbocycles. The van der Waals surface area contributed by atoms with Crippen LogP contribution in [0.5, 0.6) is 5.75 Å². The van der Waals surface area contributed by atoms with E-state index in [4.69, 9.17) is 4.74 Å². The van der Waals surface area contributed by atoms with Gasteiger partial charge in [0.2, 0.25) is 11.8 Å². The van der Waals surface area contributed by atoms with Crippen molar-refractivity contribution < 1.29 is 14.3 Å². The number of carbonyl (C=O) groups is 2. The van der Waals surface area contributed by atoms with Gasteiger partial charge in [-0.05, 0) is 37.1 Å². The van der Waals surface area contributed by atoms with Crippen LogP contribution in [-0.4, -0.2) is 50.5 Å². The van der Waals surface area contributed by atoms with Crippen molar-refractivity contribution in [3.63, 3.8) is 0 Å². The highest BCUT2D eigenvalue weighted by Crippen LogP contribution is 2.36. The highest BCUT2D eigenvalue weighted by Gasteiger charge is 2.38. The number of methoxy groups -OCH3 is 1. The lowest BCUT2D eigenvalue weighted by Gasteiger charge is -2.38. The summed E-state index contributed by atoms with van der Waals surface area (Å²) in [6, 6.07) is 7.38. The maximum atomic E-state index is 12.9. The van der Waals surface area contributed by atoms with E-state index < -0.39 is 0 Å². The molecule has 148 valence electrons. The summed E-state index contributed by atoms with van der Waals surface area (Å²) in [5, 5.41) is 6.35. The van der Waals surface area contributed by atoms with Crippen molar-refractivity contribution in [2.24, 2.45) is 5.92 Å². The van der Waals surface area contributed by atoms with Crippen LogP contribution in [0.3, 0.4) is 0 Å². The standard InChI is InChI=1S/C20H27N3O3.ClH/c1-23-18(24)8-7-17(19(23)15-3-5-16(26-2)6-4-15)20(25)22-13-14-9-11-21-12-10-14;/h3-6,9,17,19,21H,7-8,10-13H2,1-2H3,(H,22,25);1H.